The SMILES string of the molecule is COc1cc(C(C)NC(=O)[C@H](C)NS(=O)(=O)c2ccc(NC(C)=O)cc2)ccc1OC(C)C. The normalized spacial score (nSPS) is 13.2. The molecule has 0 aliphatic rings. The third-order valence-corrected chi connectivity index (χ3v) is 6.18. The Bertz CT molecular complexity index is 1080. The number of nitrogens with one attached hydrogen (secondary N) is 3. The molecule has 2 atom stereocenters. The molecule has 2 aromatic rings. The fourth-order valence-electron chi connectivity index (χ4n) is 3.00. The topological polar surface area (TPSA) is 123 Å². The largest absolute Gasteiger partial charge is 0.493 e. The van der Waals surface area contributed by atoms with E-state index in [1.54, 1.807) is 19.1 Å². The average Bonchev–Trinajstić information content (AvgIpc) is 2.73. The second-order valence-electron chi connectivity index (χ2n) is 7.86. The first-order chi connectivity index (χ1) is 15.4. The third-order valence-electron chi connectivity index (χ3n) is 4.62. The highest BCUT2D eigenvalue weighted by Crippen LogP contribution is 2.31. The number of sulfonamides is 1. The van der Waals surface area contributed by atoms with E-state index in [0.29, 0.717) is 17.2 Å². The van der Waals surface area contributed by atoms with Gasteiger partial charge in [-0.1, -0.05) is 6.07 Å². The Morgan fingerprint density at radius 1 is 0.939 bits per heavy atom. The first-order valence-electron chi connectivity index (χ1n) is 10.5. The van der Waals surface area contributed by atoms with Crippen LogP contribution >= 0.6 is 0 Å². The number of amides is 2. The molecule has 0 saturated carbocycles. The lowest BCUT2D eigenvalue weighted by Crippen LogP contribution is -2.45. The van der Waals surface area contributed by atoms with E-state index in [4.69, 9.17) is 9.47 Å². The molecule has 0 aromatic heterocycles. The first kappa shape index (κ1) is 26.1. The van der Waals surface area contributed by atoms with E-state index in [-0.39, 0.29) is 16.9 Å². The van der Waals surface area contributed by atoms with Gasteiger partial charge in [-0.3, -0.25) is 9.59 Å². The predicted molar refractivity (Wildman–Crippen MR) is 126 cm³/mol. The number of carbonyl (C=O) groups excluding carboxylic acids is 2. The average molecular weight is 478 g/mol. The monoisotopic (exact) mass is 477 g/mol. The van der Waals surface area contributed by atoms with Crippen molar-refractivity contribution >= 4 is 27.5 Å². The summed E-state index contributed by atoms with van der Waals surface area (Å²) in [7, 11) is -2.40. The zero-order valence-corrected chi connectivity index (χ0v) is 20.4. The number of ether oxygens (including phenoxy) is 2. The van der Waals surface area contributed by atoms with E-state index in [9.17, 15) is 18.0 Å². The van der Waals surface area contributed by atoms with Crippen LogP contribution in [0.25, 0.3) is 0 Å². The number of rotatable bonds is 10. The van der Waals surface area contributed by atoms with E-state index in [1.807, 2.05) is 19.9 Å². The molecule has 2 rings (SSSR count). The van der Waals surface area contributed by atoms with Crippen molar-refractivity contribution in [1.29, 1.82) is 0 Å². The quantitative estimate of drug-likeness (QED) is 0.483. The molecule has 180 valence electrons. The minimum absolute atomic E-state index is 0.0163. The number of anilines is 1. The number of benzene rings is 2. The van der Waals surface area contributed by atoms with Crippen LogP contribution in [0.5, 0.6) is 11.5 Å². The van der Waals surface area contributed by atoms with Crippen LogP contribution in [0.2, 0.25) is 0 Å². The van der Waals surface area contributed by atoms with Crippen molar-refractivity contribution in [2.45, 2.75) is 57.7 Å². The van der Waals surface area contributed by atoms with Gasteiger partial charge in [-0.25, -0.2) is 8.42 Å². The van der Waals surface area contributed by atoms with Gasteiger partial charge in [-0.2, -0.15) is 4.72 Å². The molecule has 2 amide bonds. The van der Waals surface area contributed by atoms with Gasteiger partial charge >= 0.3 is 0 Å². The molecule has 9 nitrogen and oxygen atoms in total. The summed E-state index contributed by atoms with van der Waals surface area (Å²) < 4.78 is 38.7. The van der Waals surface area contributed by atoms with Gasteiger partial charge in [-0.15, -0.1) is 0 Å². The van der Waals surface area contributed by atoms with Gasteiger partial charge in [0.15, 0.2) is 11.5 Å². The zero-order valence-electron chi connectivity index (χ0n) is 19.6. The molecule has 0 spiro atoms. The molecular weight excluding hydrogens is 446 g/mol. The maximum Gasteiger partial charge on any atom is 0.241 e. The Kier molecular flexibility index (Phi) is 8.84. The standard InChI is InChI=1S/C23H31N3O6S/c1-14(2)32-21-12-7-18(13-22(21)31-6)15(3)24-23(28)16(4)26-33(29,30)20-10-8-19(9-11-20)25-17(5)27/h7-16,26H,1-6H3,(H,24,28)(H,25,27)/t15?,16-/m0/s1. The molecule has 0 aliphatic heterocycles. The Hall–Kier alpha value is -3.11. The lowest BCUT2D eigenvalue weighted by molar-refractivity contribution is -0.123. The van der Waals surface area contributed by atoms with E-state index in [0.717, 1.165) is 5.56 Å². The van der Waals surface area contributed by atoms with Crippen molar-refractivity contribution < 1.29 is 27.5 Å². The van der Waals surface area contributed by atoms with Crippen LogP contribution in [0.4, 0.5) is 5.69 Å². The summed E-state index contributed by atoms with van der Waals surface area (Å²) in [6.07, 6.45) is -0.0163. The molecule has 0 fully saturated rings. The van der Waals surface area contributed by atoms with Crippen LogP contribution in [0.3, 0.4) is 0 Å². The highest BCUT2D eigenvalue weighted by Gasteiger charge is 2.23. The number of hydrogen-bond acceptors (Lipinski definition) is 6. The van der Waals surface area contributed by atoms with Crippen molar-refractivity contribution in [3.63, 3.8) is 0 Å². The molecule has 33 heavy (non-hydrogen) atoms. The molecule has 0 heterocycles. The highest BCUT2D eigenvalue weighted by molar-refractivity contribution is 7.89. The lowest BCUT2D eigenvalue weighted by Gasteiger charge is -2.20. The van der Waals surface area contributed by atoms with Crippen LogP contribution in [0.15, 0.2) is 47.4 Å². The number of carbonyl (C=O) groups is 2. The van der Waals surface area contributed by atoms with Gasteiger partial charge in [0.05, 0.1) is 30.2 Å². The molecule has 0 saturated heterocycles. The van der Waals surface area contributed by atoms with Gasteiger partial charge in [0.2, 0.25) is 21.8 Å². The predicted octanol–water partition coefficient (Wildman–Crippen LogP) is 2.99. The van der Waals surface area contributed by atoms with Gasteiger partial charge in [0.25, 0.3) is 0 Å². The van der Waals surface area contributed by atoms with Crippen LogP contribution in [-0.2, 0) is 19.6 Å². The van der Waals surface area contributed by atoms with Crippen molar-refractivity contribution in [2.75, 3.05) is 12.4 Å². The zero-order chi connectivity index (χ0) is 24.8. The Balaban J connectivity index is 2.05. The molecule has 0 aliphatic carbocycles. The Morgan fingerprint density at radius 2 is 1.58 bits per heavy atom. The maximum absolute atomic E-state index is 12.6. The smallest absolute Gasteiger partial charge is 0.241 e. The molecule has 1 unspecified atom stereocenters. The van der Waals surface area contributed by atoms with Crippen molar-refractivity contribution in [2.24, 2.45) is 0 Å². The first-order valence-corrected chi connectivity index (χ1v) is 12.0. The Labute approximate surface area is 194 Å². The van der Waals surface area contributed by atoms with Gasteiger partial charge in [-0.05, 0) is 69.7 Å². The summed E-state index contributed by atoms with van der Waals surface area (Å²) in [5, 5.41) is 5.37. The van der Waals surface area contributed by atoms with Crippen molar-refractivity contribution in [3.8, 4) is 11.5 Å². The Morgan fingerprint density at radius 3 is 2.12 bits per heavy atom. The van der Waals surface area contributed by atoms with Crippen molar-refractivity contribution in [3.05, 3.63) is 48.0 Å². The maximum atomic E-state index is 12.6. The number of hydrogen-bond donors (Lipinski definition) is 3. The molecule has 0 bridgehead atoms. The summed E-state index contributed by atoms with van der Waals surface area (Å²) in [6, 6.07) is 9.60. The van der Waals surface area contributed by atoms with Crippen LogP contribution in [-0.4, -0.2) is 39.5 Å². The highest BCUT2D eigenvalue weighted by atomic mass is 32.2. The third kappa shape index (κ3) is 7.47. The van der Waals surface area contributed by atoms with Crippen molar-refractivity contribution in [1.82, 2.24) is 10.0 Å². The number of methoxy groups -OCH3 is 1. The second kappa shape index (κ2) is 11.2. The van der Waals surface area contributed by atoms with Crippen LogP contribution in [0, 0.1) is 0 Å². The molecular formula is C23H31N3O6S. The molecule has 2 aromatic carbocycles. The van der Waals surface area contributed by atoms with Gasteiger partial charge < -0.3 is 20.1 Å². The van der Waals surface area contributed by atoms with Gasteiger partial charge in [0, 0.05) is 12.6 Å². The fraction of sp³-hybridized carbons (Fsp3) is 0.391. The molecule has 3 N–H and O–H groups in total. The summed E-state index contributed by atoms with van der Waals surface area (Å²) in [5.41, 5.74) is 1.25. The van der Waals surface area contributed by atoms with E-state index < -0.39 is 28.0 Å². The minimum Gasteiger partial charge on any atom is -0.493 e. The second-order valence-corrected chi connectivity index (χ2v) is 9.57. The fourth-order valence-corrected chi connectivity index (χ4v) is 4.20. The van der Waals surface area contributed by atoms with E-state index in [1.165, 1.54) is 45.2 Å². The molecule has 10 heteroatoms. The van der Waals surface area contributed by atoms with E-state index in [2.05, 4.69) is 15.4 Å². The molecule has 0 radical (unpaired) electrons. The lowest BCUT2D eigenvalue weighted by atomic mass is 10.1. The van der Waals surface area contributed by atoms with E-state index >= 15 is 0 Å². The van der Waals surface area contributed by atoms with Crippen LogP contribution in [0.1, 0.15) is 46.2 Å². The minimum atomic E-state index is -3.94. The summed E-state index contributed by atoms with van der Waals surface area (Å²) in [4.78, 5) is 23.7. The van der Waals surface area contributed by atoms with Crippen LogP contribution < -0.4 is 24.8 Å². The summed E-state index contributed by atoms with van der Waals surface area (Å²) in [6.45, 7) is 8.44. The van der Waals surface area contributed by atoms with Gasteiger partial charge in [0.1, 0.15) is 0 Å². The summed E-state index contributed by atoms with van der Waals surface area (Å²) >= 11 is 0. The summed E-state index contributed by atoms with van der Waals surface area (Å²) in [5.74, 6) is 0.393.